The number of anilines is 1. The number of carbonyl (C=O) groups excluding carboxylic acids is 1. The number of unbranched alkanes of at least 4 members (excludes halogenated alkanes) is 2. The van der Waals surface area contributed by atoms with E-state index in [1.165, 1.54) is 0 Å². The van der Waals surface area contributed by atoms with Crippen LogP contribution < -0.4 is 5.73 Å². The Labute approximate surface area is 115 Å². The molecule has 0 atom stereocenters. The Morgan fingerprint density at radius 3 is 2.68 bits per heavy atom. The van der Waals surface area contributed by atoms with Gasteiger partial charge in [0.05, 0.1) is 5.69 Å². The number of aliphatic hydroxyl groups excluding tert-OH is 1. The zero-order chi connectivity index (χ0) is 14.4. The van der Waals surface area contributed by atoms with E-state index in [1.807, 2.05) is 18.4 Å². The lowest BCUT2D eigenvalue weighted by Gasteiger charge is -2.19. The summed E-state index contributed by atoms with van der Waals surface area (Å²) in [5.74, 6) is -0.00519. The third kappa shape index (κ3) is 4.28. The van der Waals surface area contributed by atoms with Crippen molar-refractivity contribution >= 4 is 11.6 Å². The molecule has 0 bridgehead atoms. The van der Waals surface area contributed by atoms with Crippen molar-refractivity contribution in [3.63, 3.8) is 0 Å². The fourth-order valence-corrected chi connectivity index (χ4v) is 2.03. The topological polar surface area (TPSA) is 71.5 Å². The SMILES string of the molecule is CC(C)n1cc(N)cc1C(=O)N(C)CCCCCO. The number of carbonyl (C=O) groups is 1. The molecule has 1 aromatic heterocycles. The van der Waals surface area contributed by atoms with E-state index >= 15 is 0 Å². The van der Waals surface area contributed by atoms with E-state index in [-0.39, 0.29) is 18.6 Å². The van der Waals surface area contributed by atoms with Crippen LogP contribution in [0.25, 0.3) is 0 Å². The molecule has 0 unspecified atom stereocenters. The second-order valence-corrected chi connectivity index (χ2v) is 5.17. The molecule has 0 saturated carbocycles. The lowest BCUT2D eigenvalue weighted by atomic mass is 10.2. The molecule has 0 aliphatic carbocycles. The summed E-state index contributed by atoms with van der Waals surface area (Å²) in [5, 5.41) is 8.72. The molecule has 1 rings (SSSR count). The van der Waals surface area contributed by atoms with Crippen LogP contribution in [0.15, 0.2) is 12.3 Å². The van der Waals surface area contributed by atoms with E-state index in [1.54, 1.807) is 24.2 Å². The minimum Gasteiger partial charge on any atom is -0.397 e. The summed E-state index contributed by atoms with van der Waals surface area (Å²) in [6, 6.07) is 1.94. The van der Waals surface area contributed by atoms with Crippen LogP contribution in [-0.4, -0.2) is 40.7 Å². The molecule has 1 aromatic rings. The Morgan fingerprint density at radius 1 is 1.42 bits per heavy atom. The van der Waals surface area contributed by atoms with Crippen LogP contribution in [0.4, 0.5) is 5.69 Å². The summed E-state index contributed by atoms with van der Waals surface area (Å²) in [5.41, 5.74) is 7.03. The average Bonchev–Trinajstić information content (AvgIpc) is 2.75. The molecular formula is C14H25N3O2. The molecule has 0 aliphatic heterocycles. The van der Waals surface area contributed by atoms with Gasteiger partial charge in [-0.1, -0.05) is 0 Å². The fourth-order valence-electron chi connectivity index (χ4n) is 2.03. The molecule has 5 heteroatoms. The maximum atomic E-state index is 12.3. The van der Waals surface area contributed by atoms with Crippen molar-refractivity contribution in [2.45, 2.75) is 39.2 Å². The summed E-state index contributed by atoms with van der Waals surface area (Å²) in [6.07, 6.45) is 4.43. The number of hydrogen-bond acceptors (Lipinski definition) is 3. The zero-order valence-electron chi connectivity index (χ0n) is 12.1. The van der Waals surface area contributed by atoms with Crippen LogP contribution in [0.5, 0.6) is 0 Å². The maximum absolute atomic E-state index is 12.3. The van der Waals surface area contributed by atoms with Crippen LogP contribution in [0.3, 0.4) is 0 Å². The minimum atomic E-state index is -0.00519. The van der Waals surface area contributed by atoms with E-state index in [2.05, 4.69) is 0 Å². The molecule has 1 amide bonds. The third-order valence-corrected chi connectivity index (χ3v) is 3.14. The van der Waals surface area contributed by atoms with Gasteiger partial charge in [0.1, 0.15) is 5.69 Å². The Balaban J connectivity index is 2.66. The highest BCUT2D eigenvalue weighted by molar-refractivity contribution is 5.93. The Hall–Kier alpha value is -1.49. The molecule has 0 aliphatic rings. The first-order chi connectivity index (χ1) is 8.97. The van der Waals surface area contributed by atoms with Gasteiger partial charge in [0, 0.05) is 32.4 Å². The monoisotopic (exact) mass is 267 g/mol. The van der Waals surface area contributed by atoms with Gasteiger partial charge in [-0.2, -0.15) is 0 Å². The predicted octanol–water partition coefficient (Wildman–Crippen LogP) is 1.89. The van der Waals surface area contributed by atoms with E-state index < -0.39 is 0 Å². The Kier molecular flexibility index (Phi) is 5.89. The van der Waals surface area contributed by atoms with Crippen molar-refractivity contribution in [3.8, 4) is 0 Å². The van der Waals surface area contributed by atoms with Gasteiger partial charge >= 0.3 is 0 Å². The molecule has 3 N–H and O–H groups in total. The molecule has 108 valence electrons. The summed E-state index contributed by atoms with van der Waals surface area (Å²) < 4.78 is 1.90. The number of nitrogens with zero attached hydrogens (tertiary/aromatic N) is 2. The molecule has 0 aromatic carbocycles. The van der Waals surface area contributed by atoms with E-state index in [4.69, 9.17) is 10.8 Å². The summed E-state index contributed by atoms with van der Waals surface area (Å²) in [4.78, 5) is 14.1. The van der Waals surface area contributed by atoms with Crippen molar-refractivity contribution in [2.24, 2.45) is 0 Å². The minimum absolute atomic E-state index is 0.00519. The predicted molar refractivity (Wildman–Crippen MR) is 77.1 cm³/mol. The molecular weight excluding hydrogens is 242 g/mol. The number of aliphatic hydroxyl groups is 1. The highest BCUT2D eigenvalue weighted by atomic mass is 16.2. The van der Waals surface area contributed by atoms with E-state index in [9.17, 15) is 4.79 Å². The fraction of sp³-hybridized carbons (Fsp3) is 0.643. The van der Waals surface area contributed by atoms with E-state index in [0.717, 1.165) is 19.3 Å². The van der Waals surface area contributed by atoms with Crippen molar-refractivity contribution in [2.75, 3.05) is 25.9 Å². The third-order valence-electron chi connectivity index (χ3n) is 3.14. The van der Waals surface area contributed by atoms with Crippen LogP contribution in [-0.2, 0) is 0 Å². The quantitative estimate of drug-likeness (QED) is 0.741. The number of amides is 1. The molecule has 0 fully saturated rings. The highest BCUT2D eigenvalue weighted by Gasteiger charge is 2.18. The molecule has 0 saturated heterocycles. The van der Waals surface area contributed by atoms with Gasteiger partial charge in [0.15, 0.2) is 0 Å². The van der Waals surface area contributed by atoms with Crippen LogP contribution >= 0.6 is 0 Å². The first-order valence-electron chi connectivity index (χ1n) is 6.81. The molecule has 19 heavy (non-hydrogen) atoms. The smallest absolute Gasteiger partial charge is 0.270 e. The second-order valence-electron chi connectivity index (χ2n) is 5.17. The molecule has 0 spiro atoms. The van der Waals surface area contributed by atoms with Crippen molar-refractivity contribution in [3.05, 3.63) is 18.0 Å². The van der Waals surface area contributed by atoms with Gasteiger partial charge in [-0.3, -0.25) is 4.79 Å². The van der Waals surface area contributed by atoms with Crippen molar-refractivity contribution < 1.29 is 9.90 Å². The Bertz CT molecular complexity index is 413. The largest absolute Gasteiger partial charge is 0.397 e. The number of rotatable bonds is 7. The number of hydrogen-bond donors (Lipinski definition) is 2. The molecule has 0 radical (unpaired) electrons. The van der Waals surface area contributed by atoms with Crippen molar-refractivity contribution in [1.29, 1.82) is 0 Å². The van der Waals surface area contributed by atoms with Crippen LogP contribution in [0.1, 0.15) is 49.6 Å². The lowest BCUT2D eigenvalue weighted by molar-refractivity contribution is 0.0780. The normalized spacial score (nSPS) is 11.0. The summed E-state index contributed by atoms with van der Waals surface area (Å²) >= 11 is 0. The zero-order valence-corrected chi connectivity index (χ0v) is 12.1. The number of aromatic nitrogens is 1. The van der Waals surface area contributed by atoms with Gasteiger partial charge in [0.2, 0.25) is 0 Å². The highest BCUT2D eigenvalue weighted by Crippen LogP contribution is 2.18. The lowest BCUT2D eigenvalue weighted by Crippen LogP contribution is -2.29. The first kappa shape index (κ1) is 15.6. The average molecular weight is 267 g/mol. The Morgan fingerprint density at radius 2 is 2.11 bits per heavy atom. The standard InChI is InChI=1S/C14H25N3O2/c1-11(2)17-10-12(15)9-13(17)14(19)16(3)7-5-4-6-8-18/h9-11,18H,4-8,15H2,1-3H3. The van der Waals surface area contributed by atoms with E-state index in [0.29, 0.717) is 17.9 Å². The van der Waals surface area contributed by atoms with Crippen LogP contribution in [0.2, 0.25) is 0 Å². The first-order valence-corrected chi connectivity index (χ1v) is 6.81. The van der Waals surface area contributed by atoms with Crippen molar-refractivity contribution in [1.82, 2.24) is 9.47 Å². The molecule has 1 heterocycles. The van der Waals surface area contributed by atoms with Gasteiger partial charge in [0.25, 0.3) is 5.91 Å². The molecule has 5 nitrogen and oxygen atoms in total. The number of nitrogen functional groups attached to an aromatic ring is 1. The van der Waals surface area contributed by atoms with Gasteiger partial charge < -0.3 is 20.3 Å². The van der Waals surface area contributed by atoms with Crippen LogP contribution in [0, 0.1) is 0 Å². The van der Waals surface area contributed by atoms with Gasteiger partial charge in [-0.25, -0.2) is 0 Å². The summed E-state index contributed by atoms with van der Waals surface area (Å²) in [6.45, 7) is 4.96. The number of nitrogens with two attached hydrogens (primary N) is 1. The second kappa shape index (κ2) is 7.19. The van der Waals surface area contributed by atoms with Gasteiger partial charge in [-0.15, -0.1) is 0 Å². The van der Waals surface area contributed by atoms with Gasteiger partial charge in [-0.05, 0) is 39.2 Å². The maximum Gasteiger partial charge on any atom is 0.270 e. The summed E-state index contributed by atoms with van der Waals surface area (Å²) in [7, 11) is 1.80.